The number of sulfonamides is 2. The van der Waals surface area contributed by atoms with Crippen molar-refractivity contribution in [3.8, 4) is 0 Å². The van der Waals surface area contributed by atoms with Gasteiger partial charge in [0.05, 0.1) is 11.7 Å². The van der Waals surface area contributed by atoms with Crippen LogP contribution in [0.4, 0.5) is 23.2 Å². The summed E-state index contributed by atoms with van der Waals surface area (Å²) in [6.45, 7) is 1.29. The van der Waals surface area contributed by atoms with Gasteiger partial charge in [0.25, 0.3) is 10.0 Å². The molecule has 0 aromatic heterocycles. The van der Waals surface area contributed by atoms with Gasteiger partial charge in [-0.05, 0) is 54.7 Å². The molecule has 192 valence electrons. The molecule has 0 aliphatic carbocycles. The van der Waals surface area contributed by atoms with E-state index in [-0.39, 0.29) is 6.42 Å². The minimum atomic E-state index is -5.51. The molecule has 2 atom stereocenters. The van der Waals surface area contributed by atoms with Crippen LogP contribution in [0.3, 0.4) is 0 Å². The summed E-state index contributed by atoms with van der Waals surface area (Å²) in [6.07, 6.45) is 0.624. The van der Waals surface area contributed by atoms with Crippen molar-refractivity contribution in [1.29, 1.82) is 0 Å². The molecule has 1 heterocycles. The van der Waals surface area contributed by atoms with Crippen molar-refractivity contribution in [2.45, 2.75) is 42.3 Å². The molecule has 0 saturated heterocycles. The first-order valence-electron chi connectivity index (χ1n) is 10.9. The summed E-state index contributed by atoms with van der Waals surface area (Å²) in [6, 6.07) is 16.5. The third-order valence-electron chi connectivity index (χ3n) is 5.98. The highest BCUT2D eigenvalue weighted by Gasteiger charge is 2.46. The molecule has 6 nitrogen and oxygen atoms in total. The van der Waals surface area contributed by atoms with E-state index in [4.69, 9.17) is 0 Å². The predicted octanol–water partition coefficient (Wildman–Crippen LogP) is 4.69. The van der Waals surface area contributed by atoms with Crippen molar-refractivity contribution < 1.29 is 34.4 Å². The zero-order valence-corrected chi connectivity index (χ0v) is 20.5. The van der Waals surface area contributed by atoms with Crippen molar-refractivity contribution in [3.63, 3.8) is 0 Å². The van der Waals surface area contributed by atoms with E-state index in [0.717, 1.165) is 11.6 Å². The first-order chi connectivity index (χ1) is 16.8. The lowest BCUT2D eigenvalue weighted by atomic mass is 10.00. The molecule has 3 aromatic carbocycles. The van der Waals surface area contributed by atoms with Gasteiger partial charge in [-0.2, -0.15) is 13.2 Å². The van der Waals surface area contributed by atoms with Crippen molar-refractivity contribution in [3.05, 3.63) is 95.3 Å². The van der Waals surface area contributed by atoms with Crippen molar-refractivity contribution >= 4 is 25.7 Å². The molecule has 36 heavy (non-hydrogen) atoms. The molecule has 0 saturated carbocycles. The minimum absolute atomic E-state index is 0.241. The number of rotatable bonds is 7. The molecule has 0 radical (unpaired) electrons. The van der Waals surface area contributed by atoms with Gasteiger partial charge in [-0.3, -0.25) is 4.31 Å². The number of nitrogens with zero attached hydrogens (tertiary/aromatic N) is 1. The Morgan fingerprint density at radius 1 is 0.944 bits per heavy atom. The standard InChI is InChI=1S/C24H22F4N2O4S2/c1-16(29-36(33,34)24(26,27)28)18-12-10-17(11-13-18)14-20-15-19-6-2-4-8-22(19)30(20)35(31,32)23-9-5-3-7-21(23)25/h2-13,16,20,29H,14-15H2,1H3/t16-,20?/m0/s1. The van der Waals surface area contributed by atoms with Gasteiger partial charge in [0.15, 0.2) is 0 Å². The second-order valence-corrected chi connectivity index (χ2v) is 11.9. The molecular weight excluding hydrogens is 520 g/mol. The fraction of sp³-hybridized carbons (Fsp3) is 0.250. The lowest BCUT2D eigenvalue weighted by Gasteiger charge is -2.27. The number of alkyl halides is 3. The molecule has 3 aromatic rings. The van der Waals surface area contributed by atoms with E-state index in [1.165, 1.54) is 41.6 Å². The zero-order chi connectivity index (χ0) is 26.3. The van der Waals surface area contributed by atoms with Gasteiger partial charge in [0.2, 0.25) is 0 Å². The van der Waals surface area contributed by atoms with E-state index in [1.54, 1.807) is 41.1 Å². The highest BCUT2D eigenvalue weighted by atomic mass is 32.2. The highest BCUT2D eigenvalue weighted by molar-refractivity contribution is 7.93. The smallest absolute Gasteiger partial charge is 0.262 e. The predicted molar refractivity (Wildman–Crippen MR) is 127 cm³/mol. The van der Waals surface area contributed by atoms with Crippen LogP contribution in [-0.4, -0.2) is 28.4 Å². The maximum Gasteiger partial charge on any atom is 0.511 e. The number of fused-ring (bicyclic) bond motifs is 1. The summed E-state index contributed by atoms with van der Waals surface area (Å²) in [5.74, 6) is -0.861. The van der Waals surface area contributed by atoms with Crippen LogP contribution in [0.2, 0.25) is 0 Å². The van der Waals surface area contributed by atoms with Crippen LogP contribution >= 0.6 is 0 Å². The maximum absolute atomic E-state index is 14.5. The average molecular weight is 543 g/mol. The van der Waals surface area contributed by atoms with Gasteiger partial charge in [-0.15, -0.1) is 0 Å². The average Bonchev–Trinajstić information content (AvgIpc) is 3.17. The number of anilines is 1. The Balaban J connectivity index is 1.60. The maximum atomic E-state index is 14.5. The SMILES string of the molecule is C[C@H](NS(=O)(=O)C(F)(F)F)c1ccc(CC2Cc3ccccc3N2S(=O)(=O)c2ccccc2F)cc1. The van der Waals surface area contributed by atoms with E-state index in [2.05, 4.69) is 0 Å². The van der Waals surface area contributed by atoms with Gasteiger partial charge in [-0.25, -0.2) is 25.9 Å². The van der Waals surface area contributed by atoms with Crippen LogP contribution in [0.25, 0.3) is 0 Å². The van der Waals surface area contributed by atoms with Gasteiger partial charge >= 0.3 is 15.5 Å². The molecule has 1 aliphatic heterocycles. The second-order valence-electron chi connectivity index (χ2n) is 8.45. The third kappa shape index (κ3) is 4.97. The molecule has 1 N–H and O–H groups in total. The van der Waals surface area contributed by atoms with Crippen LogP contribution in [0, 0.1) is 5.82 Å². The van der Waals surface area contributed by atoms with Crippen LogP contribution in [-0.2, 0) is 32.9 Å². The highest BCUT2D eigenvalue weighted by Crippen LogP contribution is 2.38. The van der Waals surface area contributed by atoms with Gasteiger partial charge in [0, 0.05) is 6.04 Å². The Kier molecular flexibility index (Phi) is 6.88. The van der Waals surface area contributed by atoms with Crippen molar-refractivity contribution in [2.24, 2.45) is 0 Å². The normalized spacial score (nSPS) is 17.1. The molecule has 0 fully saturated rings. The fourth-order valence-corrected chi connectivity index (χ4v) is 6.75. The molecule has 1 aliphatic rings. The van der Waals surface area contributed by atoms with E-state index >= 15 is 0 Å². The summed E-state index contributed by atoms with van der Waals surface area (Å²) in [4.78, 5) is -0.437. The third-order valence-corrected chi connectivity index (χ3v) is 9.15. The first-order valence-corrected chi connectivity index (χ1v) is 13.8. The van der Waals surface area contributed by atoms with Crippen molar-refractivity contribution in [2.75, 3.05) is 4.31 Å². The van der Waals surface area contributed by atoms with E-state index < -0.39 is 48.4 Å². The topological polar surface area (TPSA) is 83.6 Å². The molecule has 0 amide bonds. The number of para-hydroxylation sites is 1. The van der Waals surface area contributed by atoms with E-state index in [9.17, 15) is 34.4 Å². The van der Waals surface area contributed by atoms with Gasteiger partial charge < -0.3 is 0 Å². The summed E-state index contributed by atoms with van der Waals surface area (Å²) in [5, 5.41) is 0. The first kappa shape index (κ1) is 26.1. The van der Waals surface area contributed by atoms with Crippen LogP contribution in [0.5, 0.6) is 0 Å². The Labute approximate surface area is 206 Å². The Morgan fingerprint density at radius 2 is 1.56 bits per heavy atom. The second kappa shape index (κ2) is 9.49. The van der Waals surface area contributed by atoms with E-state index in [1.807, 2.05) is 0 Å². The zero-order valence-electron chi connectivity index (χ0n) is 18.9. The Bertz CT molecular complexity index is 1470. The molecule has 1 unspecified atom stereocenters. The Hall–Kier alpha value is -2.96. The molecule has 12 heteroatoms. The molecule has 4 rings (SSSR count). The fourth-order valence-electron chi connectivity index (χ4n) is 4.25. The van der Waals surface area contributed by atoms with Gasteiger partial charge in [0.1, 0.15) is 10.7 Å². The summed E-state index contributed by atoms with van der Waals surface area (Å²) in [5.41, 5.74) is -3.20. The summed E-state index contributed by atoms with van der Waals surface area (Å²) < 4.78 is 105. The summed E-state index contributed by atoms with van der Waals surface area (Å²) >= 11 is 0. The quantitative estimate of drug-likeness (QED) is 0.439. The summed E-state index contributed by atoms with van der Waals surface area (Å²) in [7, 11) is -9.74. The number of benzene rings is 3. The lowest BCUT2D eigenvalue weighted by molar-refractivity contribution is -0.0450. The van der Waals surface area contributed by atoms with Crippen LogP contribution in [0.15, 0.2) is 77.7 Å². The minimum Gasteiger partial charge on any atom is -0.262 e. The largest absolute Gasteiger partial charge is 0.511 e. The monoisotopic (exact) mass is 542 g/mol. The number of hydrogen-bond donors (Lipinski definition) is 1. The molecule has 0 bridgehead atoms. The lowest BCUT2D eigenvalue weighted by Crippen LogP contribution is -2.39. The molecular formula is C24H22F4N2O4S2. The van der Waals surface area contributed by atoms with Crippen LogP contribution in [0.1, 0.15) is 29.7 Å². The Morgan fingerprint density at radius 3 is 2.19 bits per heavy atom. The number of halogens is 4. The van der Waals surface area contributed by atoms with Crippen LogP contribution < -0.4 is 9.03 Å². The molecule has 0 spiro atoms. The van der Waals surface area contributed by atoms with Gasteiger partial charge in [-0.1, -0.05) is 54.6 Å². The van der Waals surface area contributed by atoms with Crippen molar-refractivity contribution in [1.82, 2.24) is 4.72 Å². The van der Waals surface area contributed by atoms with E-state index in [0.29, 0.717) is 23.2 Å². The number of nitrogens with one attached hydrogen (secondary N) is 1. The number of hydrogen-bond acceptors (Lipinski definition) is 4.